The van der Waals surface area contributed by atoms with E-state index in [1.165, 1.54) is 48.4 Å². The van der Waals surface area contributed by atoms with Gasteiger partial charge in [0.15, 0.2) is 0 Å². The largest absolute Gasteiger partial charge is 0.310 e. The highest BCUT2D eigenvalue weighted by Crippen LogP contribution is 2.25. The highest BCUT2D eigenvalue weighted by atomic mass is 32.1. The third-order valence-corrected chi connectivity index (χ3v) is 4.82. The van der Waals surface area contributed by atoms with Gasteiger partial charge in [0.25, 0.3) is 0 Å². The van der Waals surface area contributed by atoms with Gasteiger partial charge in [-0.2, -0.15) is 0 Å². The summed E-state index contributed by atoms with van der Waals surface area (Å²) in [7, 11) is 0. The van der Waals surface area contributed by atoms with Crippen molar-refractivity contribution < 1.29 is 0 Å². The summed E-state index contributed by atoms with van der Waals surface area (Å²) in [4.78, 5) is 5.82. The fourth-order valence-electron chi connectivity index (χ4n) is 2.57. The number of nitrogens with one attached hydrogen (secondary N) is 1. The molecule has 1 N–H and O–H groups in total. The normalized spacial score (nSPS) is 17.5. The quantitative estimate of drug-likeness (QED) is 0.780. The van der Waals surface area contributed by atoms with E-state index in [0.29, 0.717) is 0 Å². The Morgan fingerprint density at radius 1 is 1.35 bits per heavy atom. The molecule has 0 saturated heterocycles. The first-order valence-electron chi connectivity index (χ1n) is 7.02. The van der Waals surface area contributed by atoms with Gasteiger partial charge in [0.05, 0.1) is 0 Å². The van der Waals surface area contributed by atoms with Crippen LogP contribution < -0.4 is 5.32 Å². The van der Waals surface area contributed by atoms with Crippen LogP contribution in [-0.4, -0.2) is 11.5 Å². The lowest BCUT2D eigenvalue weighted by Gasteiger charge is -2.21. The lowest BCUT2D eigenvalue weighted by atomic mass is 9.87. The second-order valence-electron chi connectivity index (χ2n) is 5.04. The number of aryl methyl sites for hydroxylation is 1. The van der Waals surface area contributed by atoms with Crippen LogP contribution in [0.1, 0.15) is 55.3 Å². The zero-order chi connectivity index (χ0) is 11.9. The van der Waals surface area contributed by atoms with Gasteiger partial charge in [0, 0.05) is 17.6 Å². The van der Waals surface area contributed by atoms with Crippen LogP contribution in [0.2, 0.25) is 0 Å². The molecule has 2 nitrogen and oxygen atoms in total. The molecule has 2 rings (SSSR count). The average molecular weight is 252 g/mol. The van der Waals surface area contributed by atoms with Gasteiger partial charge in [0.2, 0.25) is 0 Å². The Balaban J connectivity index is 1.59. The monoisotopic (exact) mass is 252 g/mol. The number of rotatable bonds is 6. The molecule has 0 bridgehead atoms. The van der Waals surface area contributed by atoms with Gasteiger partial charge >= 0.3 is 0 Å². The lowest BCUT2D eigenvalue weighted by molar-refractivity contribution is 0.334. The van der Waals surface area contributed by atoms with Crippen molar-refractivity contribution in [1.29, 1.82) is 0 Å². The van der Waals surface area contributed by atoms with Crippen molar-refractivity contribution in [3.8, 4) is 0 Å². The average Bonchev–Trinajstić information content (AvgIpc) is 2.84. The van der Waals surface area contributed by atoms with E-state index in [2.05, 4.69) is 17.2 Å². The molecule has 1 aliphatic carbocycles. The van der Waals surface area contributed by atoms with Crippen molar-refractivity contribution in [2.45, 2.75) is 58.4 Å². The topological polar surface area (TPSA) is 24.9 Å². The summed E-state index contributed by atoms with van der Waals surface area (Å²) in [6.07, 6.45) is 11.8. The predicted octanol–water partition coefficient (Wildman–Crippen LogP) is 3.77. The minimum absolute atomic E-state index is 0.956. The summed E-state index contributed by atoms with van der Waals surface area (Å²) in [6.45, 7) is 4.30. The first-order valence-corrected chi connectivity index (χ1v) is 7.84. The maximum absolute atomic E-state index is 4.43. The van der Waals surface area contributed by atoms with Crippen LogP contribution in [0.4, 0.5) is 0 Å². The van der Waals surface area contributed by atoms with E-state index in [9.17, 15) is 0 Å². The number of hydrogen-bond acceptors (Lipinski definition) is 3. The van der Waals surface area contributed by atoms with Crippen molar-refractivity contribution in [2.24, 2.45) is 5.92 Å². The van der Waals surface area contributed by atoms with Crippen molar-refractivity contribution in [3.05, 3.63) is 16.1 Å². The number of hydrogen-bond donors (Lipinski definition) is 1. The molecule has 96 valence electrons. The zero-order valence-electron chi connectivity index (χ0n) is 10.9. The summed E-state index contributed by atoms with van der Waals surface area (Å²) < 4.78 is 0. The standard InChI is InChI=1S/C14H24N2S/c1-2-13-10-16-14(17-13)11-15-9-8-12-6-4-3-5-7-12/h10,12,15H,2-9,11H2,1H3. The van der Waals surface area contributed by atoms with Crippen LogP contribution in [0.5, 0.6) is 0 Å². The maximum atomic E-state index is 4.43. The van der Waals surface area contributed by atoms with Crippen LogP contribution in [0.25, 0.3) is 0 Å². The van der Waals surface area contributed by atoms with Gasteiger partial charge in [-0.25, -0.2) is 4.98 Å². The molecule has 0 atom stereocenters. The molecule has 1 aliphatic rings. The SMILES string of the molecule is CCc1cnc(CNCCC2CCCCC2)s1. The van der Waals surface area contributed by atoms with E-state index < -0.39 is 0 Å². The Morgan fingerprint density at radius 3 is 2.88 bits per heavy atom. The third kappa shape index (κ3) is 4.40. The van der Waals surface area contributed by atoms with Gasteiger partial charge in [-0.15, -0.1) is 11.3 Å². The molecule has 0 amide bonds. The predicted molar refractivity (Wildman–Crippen MR) is 74.4 cm³/mol. The van der Waals surface area contributed by atoms with Gasteiger partial charge in [-0.1, -0.05) is 39.0 Å². The molecule has 1 heterocycles. The highest BCUT2D eigenvalue weighted by Gasteiger charge is 2.12. The third-order valence-electron chi connectivity index (χ3n) is 3.68. The van der Waals surface area contributed by atoms with Gasteiger partial charge < -0.3 is 5.32 Å². The Labute approximate surface area is 109 Å². The second-order valence-corrected chi connectivity index (χ2v) is 6.24. The van der Waals surface area contributed by atoms with Crippen LogP contribution in [-0.2, 0) is 13.0 Å². The molecule has 0 aliphatic heterocycles. The van der Waals surface area contributed by atoms with Crippen molar-refractivity contribution in [2.75, 3.05) is 6.54 Å². The highest BCUT2D eigenvalue weighted by molar-refractivity contribution is 7.11. The minimum atomic E-state index is 0.956. The van der Waals surface area contributed by atoms with Crippen molar-refractivity contribution in [1.82, 2.24) is 10.3 Å². The summed E-state index contributed by atoms with van der Waals surface area (Å²) in [5, 5.41) is 4.78. The van der Waals surface area contributed by atoms with Crippen molar-refractivity contribution >= 4 is 11.3 Å². The fourth-order valence-corrected chi connectivity index (χ4v) is 3.40. The summed E-state index contributed by atoms with van der Waals surface area (Å²) >= 11 is 1.85. The number of aromatic nitrogens is 1. The molecule has 0 aromatic carbocycles. The minimum Gasteiger partial charge on any atom is -0.310 e. The molecule has 1 aromatic rings. The molecule has 1 fully saturated rings. The molecule has 1 saturated carbocycles. The number of nitrogens with zero attached hydrogens (tertiary/aromatic N) is 1. The second kappa shape index (κ2) is 7.12. The van der Waals surface area contributed by atoms with E-state index in [1.807, 2.05) is 17.5 Å². The van der Waals surface area contributed by atoms with E-state index in [-0.39, 0.29) is 0 Å². The molecule has 3 heteroatoms. The molecule has 1 aromatic heterocycles. The molecule has 0 radical (unpaired) electrons. The summed E-state index contributed by atoms with van der Waals surface area (Å²) in [5.41, 5.74) is 0. The summed E-state index contributed by atoms with van der Waals surface area (Å²) in [6, 6.07) is 0. The van der Waals surface area contributed by atoms with Gasteiger partial charge in [0.1, 0.15) is 5.01 Å². The van der Waals surface area contributed by atoms with Crippen LogP contribution in [0.3, 0.4) is 0 Å². The summed E-state index contributed by atoms with van der Waals surface area (Å²) in [5.74, 6) is 0.985. The van der Waals surface area contributed by atoms with E-state index >= 15 is 0 Å². The lowest BCUT2D eigenvalue weighted by Crippen LogP contribution is -2.18. The van der Waals surface area contributed by atoms with Gasteiger partial charge in [-0.05, 0) is 25.3 Å². The zero-order valence-corrected chi connectivity index (χ0v) is 11.7. The first-order chi connectivity index (χ1) is 8.38. The molecular weight excluding hydrogens is 228 g/mol. The van der Waals surface area contributed by atoms with Gasteiger partial charge in [-0.3, -0.25) is 0 Å². The van der Waals surface area contributed by atoms with E-state index in [0.717, 1.165) is 25.4 Å². The Bertz CT molecular complexity index is 316. The Kier molecular flexibility index (Phi) is 5.46. The molecular formula is C14H24N2S. The smallest absolute Gasteiger partial charge is 0.107 e. The first kappa shape index (κ1) is 13.0. The van der Waals surface area contributed by atoms with Crippen LogP contribution in [0, 0.1) is 5.92 Å². The molecule has 0 unspecified atom stereocenters. The van der Waals surface area contributed by atoms with E-state index in [4.69, 9.17) is 0 Å². The van der Waals surface area contributed by atoms with E-state index in [1.54, 1.807) is 0 Å². The molecule has 0 spiro atoms. The van der Waals surface area contributed by atoms with Crippen molar-refractivity contribution in [3.63, 3.8) is 0 Å². The fraction of sp³-hybridized carbons (Fsp3) is 0.786. The Morgan fingerprint density at radius 2 is 2.18 bits per heavy atom. The maximum Gasteiger partial charge on any atom is 0.107 e. The van der Waals surface area contributed by atoms with Crippen LogP contribution in [0.15, 0.2) is 6.20 Å². The number of thiazole rings is 1. The molecule has 17 heavy (non-hydrogen) atoms. The van der Waals surface area contributed by atoms with Crippen LogP contribution >= 0.6 is 11.3 Å². The Hall–Kier alpha value is -0.410.